The molecule has 0 aliphatic carbocycles. The van der Waals surface area contributed by atoms with E-state index >= 15 is 0 Å². The van der Waals surface area contributed by atoms with Crippen molar-refractivity contribution in [2.75, 3.05) is 26.5 Å². The minimum atomic E-state index is -3.27. The van der Waals surface area contributed by atoms with Crippen LogP contribution in [0, 0.1) is 5.92 Å². The number of nitrogens with one attached hydrogen (secondary N) is 1. The lowest BCUT2D eigenvalue weighted by atomic mass is 9.99. The van der Waals surface area contributed by atoms with Gasteiger partial charge in [0.15, 0.2) is 0 Å². The van der Waals surface area contributed by atoms with Gasteiger partial charge in [-0.25, -0.2) is 18.1 Å². The molecule has 8 heteroatoms. The number of rotatable bonds is 5. The van der Waals surface area contributed by atoms with Crippen molar-refractivity contribution in [2.45, 2.75) is 12.8 Å². The number of carbonyl (C=O) groups is 1. The van der Waals surface area contributed by atoms with Crippen LogP contribution in [-0.4, -0.2) is 51.3 Å². The van der Waals surface area contributed by atoms with E-state index in [4.69, 9.17) is 4.74 Å². The molecule has 1 saturated heterocycles. The summed E-state index contributed by atoms with van der Waals surface area (Å²) in [5, 5.41) is 3.94. The summed E-state index contributed by atoms with van der Waals surface area (Å²) in [6.45, 7) is 0.669. The Hall–Kier alpha value is -1.93. The highest BCUT2D eigenvalue weighted by Gasteiger charge is 2.29. The summed E-state index contributed by atoms with van der Waals surface area (Å²) in [7, 11) is -1.70. The van der Waals surface area contributed by atoms with Crippen molar-refractivity contribution in [3.05, 3.63) is 29.8 Å². The second-order valence-electron chi connectivity index (χ2n) is 5.44. The Balaban J connectivity index is 1.95. The highest BCUT2D eigenvalue weighted by atomic mass is 32.2. The topological polar surface area (TPSA) is 88.1 Å². The summed E-state index contributed by atoms with van der Waals surface area (Å²) in [5.74, 6) is 0.00390. The maximum atomic E-state index is 12.1. The van der Waals surface area contributed by atoms with Gasteiger partial charge in [-0.15, -0.1) is 0 Å². The molecule has 23 heavy (non-hydrogen) atoms. The zero-order valence-corrected chi connectivity index (χ0v) is 14.0. The van der Waals surface area contributed by atoms with E-state index in [1.54, 1.807) is 13.2 Å². The molecule has 1 atom stereocenters. The number of carbonyl (C=O) groups excluding carboxylic acids is 1. The Morgan fingerprint density at radius 2 is 2.17 bits per heavy atom. The summed E-state index contributed by atoms with van der Waals surface area (Å²) in [4.78, 5) is 12.1. The van der Waals surface area contributed by atoms with Gasteiger partial charge in [0.25, 0.3) is 0 Å². The van der Waals surface area contributed by atoms with Gasteiger partial charge < -0.3 is 4.74 Å². The maximum Gasteiger partial charge on any atom is 0.244 e. The molecule has 1 aromatic carbocycles. The molecule has 1 unspecified atom stereocenters. The standard InChI is InChI=1S/C15H21N3O4S/c1-22-14-8-4-3-6-12(14)10-16-17-15(19)13-7-5-9-18(11-13)23(2,20)21/h3-4,6,8,10,13H,5,7,9,11H2,1-2H3,(H,17,19)/b16-10+. The molecule has 2 rings (SSSR count). The van der Waals surface area contributed by atoms with Crippen molar-refractivity contribution in [1.82, 2.24) is 9.73 Å². The van der Waals surface area contributed by atoms with Crippen molar-refractivity contribution >= 4 is 22.1 Å². The molecule has 1 aliphatic rings. The Kier molecular flexibility index (Phi) is 5.73. The second kappa shape index (κ2) is 7.56. The summed E-state index contributed by atoms with van der Waals surface area (Å²) >= 11 is 0. The van der Waals surface area contributed by atoms with Crippen LogP contribution in [0.3, 0.4) is 0 Å². The number of piperidine rings is 1. The highest BCUT2D eigenvalue weighted by Crippen LogP contribution is 2.19. The molecule has 7 nitrogen and oxygen atoms in total. The van der Waals surface area contributed by atoms with E-state index in [0.29, 0.717) is 25.1 Å². The number of hydrazone groups is 1. The van der Waals surface area contributed by atoms with Gasteiger partial charge in [0.1, 0.15) is 5.75 Å². The van der Waals surface area contributed by atoms with E-state index in [2.05, 4.69) is 10.5 Å². The summed E-state index contributed by atoms with van der Waals surface area (Å²) < 4.78 is 29.7. The van der Waals surface area contributed by atoms with E-state index in [-0.39, 0.29) is 18.4 Å². The number of hydrogen-bond acceptors (Lipinski definition) is 5. The van der Waals surface area contributed by atoms with E-state index in [1.165, 1.54) is 10.5 Å². The van der Waals surface area contributed by atoms with Crippen LogP contribution in [-0.2, 0) is 14.8 Å². The molecule has 1 aromatic rings. The van der Waals surface area contributed by atoms with Crippen LogP contribution >= 0.6 is 0 Å². The van der Waals surface area contributed by atoms with Crippen molar-refractivity contribution in [3.8, 4) is 5.75 Å². The second-order valence-corrected chi connectivity index (χ2v) is 7.42. The predicted molar refractivity (Wildman–Crippen MR) is 87.9 cm³/mol. The van der Waals surface area contributed by atoms with E-state index in [9.17, 15) is 13.2 Å². The van der Waals surface area contributed by atoms with Gasteiger partial charge in [-0.1, -0.05) is 12.1 Å². The lowest BCUT2D eigenvalue weighted by Gasteiger charge is -2.29. The number of hydrogen-bond donors (Lipinski definition) is 1. The Morgan fingerprint density at radius 3 is 2.87 bits per heavy atom. The first-order valence-electron chi connectivity index (χ1n) is 7.33. The van der Waals surface area contributed by atoms with Crippen LogP contribution in [0.1, 0.15) is 18.4 Å². The lowest BCUT2D eigenvalue weighted by molar-refractivity contribution is -0.126. The zero-order chi connectivity index (χ0) is 16.9. The number of nitrogens with zero attached hydrogens (tertiary/aromatic N) is 2. The van der Waals surface area contributed by atoms with Crippen LogP contribution in [0.5, 0.6) is 5.75 Å². The molecule has 1 fully saturated rings. The van der Waals surface area contributed by atoms with Gasteiger partial charge in [-0.2, -0.15) is 5.10 Å². The lowest BCUT2D eigenvalue weighted by Crippen LogP contribution is -2.44. The normalized spacial score (nSPS) is 19.7. The first-order valence-corrected chi connectivity index (χ1v) is 9.17. The van der Waals surface area contributed by atoms with Gasteiger partial charge in [-0.05, 0) is 25.0 Å². The monoisotopic (exact) mass is 339 g/mol. The smallest absolute Gasteiger partial charge is 0.244 e. The van der Waals surface area contributed by atoms with Crippen molar-refractivity contribution in [1.29, 1.82) is 0 Å². The predicted octanol–water partition coefficient (Wildman–Crippen LogP) is 0.817. The van der Waals surface area contributed by atoms with Crippen molar-refractivity contribution < 1.29 is 17.9 Å². The van der Waals surface area contributed by atoms with E-state index in [1.807, 2.05) is 18.2 Å². The first-order chi connectivity index (χ1) is 10.9. The molecule has 0 bridgehead atoms. The number of amides is 1. The number of benzene rings is 1. The van der Waals surface area contributed by atoms with Gasteiger partial charge >= 0.3 is 0 Å². The molecule has 1 N–H and O–H groups in total. The fourth-order valence-electron chi connectivity index (χ4n) is 2.49. The van der Waals surface area contributed by atoms with Crippen LogP contribution in [0.4, 0.5) is 0 Å². The molecule has 126 valence electrons. The number of sulfonamides is 1. The molecule has 0 radical (unpaired) electrons. The molecule has 1 aliphatic heterocycles. The van der Waals surface area contributed by atoms with E-state index in [0.717, 1.165) is 11.8 Å². The SMILES string of the molecule is COc1ccccc1/C=N/NC(=O)C1CCCN(S(C)(=O)=O)C1. The Bertz CT molecular complexity index is 688. The molecule has 1 amide bonds. The molecular weight excluding hydrogens is 318 g/mol. The zero-order valence-electron chi connectivity index (χ0n) is 13.2. The molecule has 0 aromatic heterocycles. The first kappa shape index (κ1) is 17.4. The third-order valence-electron chi connectivity index (χ3n) is 3.74. The summed E-state index contributed by atoms with van der Waals surface area (Å²) in [6, 6.07) is 7.31. The number of ether oxygens (including phenoxy) is 1. The van der Waals surface area contributed by atoms with Gasteiger partial charge in [0.05, 0.1) is 25.5 Å². The largest absolute Gasteiger partial charge is 0.496 e. The average molecular weight is 339 g/mol. The molecule has 0 saturated carbocycles. The molecule has 1 heterocycles. The highest BCUT2D eigenvalue weighted by molar-refractivity contribution is 7.88. The summed E-state index contributed by atoms with van der Waals surface area (Å²) in [6.07, 6.45) is 3.99. The quantitative estimate of drug-likeness (QED) is 0.635. The van der Waals surface area contributed by atoms with Crippen LogP contribution < -0.4 is 10.2 Å². The van der Waals surface area contributed by atoms with Crippen LogP contribution in [0.25, 0.3) is 0 Å². The third-order valence-corrected chi connectivity index (χ3v) is 5.01. The van der Waals surface area contributed by atoms with Gasteiger partial charge in [0.2, 0.25) is 15.9 Å². The van der Waals surface area contributed by atoms with E-state index < -0.39 is 10.0 Å². The summed E-state index contributed by atoms with van der Waals surface area (Å²) in [5.41, 5.74) is 3.22. The number of methoxy groups -OCH3 is 1. The van der Waals surface area contributed by atoms with Crippen molar-refractivity contribution in [2.24, 2.45) is 11.0 Å². The van der Waals surface area contributed by atoms with Crippen molar-refractivity contribution in [3.63, 3.8) is 0 Å². The Morgan fingerprint density at radius 1 is 1.43 bits per heavy atom. The minimum Gasteiger partial charge on any atom is -0.496 e. The Labute approximate surface area is 136 Å². The van der Waals surface area contributed by atoms with Gasteiger partial charge in [0, 0.05) is 18.7 Å². The van der Waals surface area contributed by atoms with Crippen LogP contribution in [0.15, 0.2) is 29.4 Å². The fraction of sp³-hybridized carbons (Fsp3) is 0.467. The molecular formula is C15H21N3O4S. The minimum absolute atomic E-state index is 0.203. The number of para-hydroxylation sites is 1. The third kappa shape index (κ3) is 4.77. The fourth-order valence-corrected chi connectivity index (χ4v) is 3.40. The van der Waals surface area contributed by atoms with Crippen LogP contribution in [0.2, 0.25) is 0 Å². The average Bonchev–Trinajstić information content (AvgIpc) is 2.54. The maximum absolute atomic E-state index is 12.1. The molecule has 0 spiro atoms. The van der Waals surface area contributed by atoms with Gasteiger partial charge in [-0.3, -0.25) is 4.79 Å².